The number of nitrogens with zero attached hydrogens (tertiary/aromatic N) is 1. The summed E-state index contributed by atoms with van der Waals surface area (Å²) in [5.41, 5.74) is 1.14. The average molecular weight is 506 g/mol. The molecule has 0 atom stereocenters. The summed E-state index contributed by atoms with van der Waals surface area (Å²) in [5, 5.41) is 1.22. The minimum absolute atomic E-state index is 1.14. The number of benzene rings is 1. The molecule has 0 bridgehead atoms. The van der Waals surface area contributed by atoms with Gasteiger partial charge >= 0.3 is 178 Å². The summed E-state index contributed by atoms with van der Waals surface area (Å²) >= 11 is 1.66. The summed E-state index contributed by atoms with van der Waals surface area (Å²) in [5.74, 6) is 0. The van der Waals surface area contributed by atoms with Gasteiger partial charge in [-0.1, -0.05) is 0 Å². The normalized spacial score (nSPS) is 12.1. The molecule has 0 fully saturated rings. The Morgan fingerprint density at radius 1 is 0.778 bits per heavy atom. The molecule has 0 amide bonds. The van der Waals surface area contributed by atoms with Crippen LogP contribution in [0.5, 0.6) is 0 Å². The first-order valence-corrected chi connectivity index (χ1v) is 19.8. The van der Waals surface area contributed by atoms with Crippen LogP contribution in [0.25, 0.3) is 20.1 Å². The van der Waals surface area contributed by atoms with Gasteiger partial charge in [0.15, 0.2) is 0 Å². The van der Waals surface area contributed by atoms with Gasteiger partial charge in [0.2, 0.25) is 0 Å². The van der Waals surface area contributed by atoms with E-state index in [0.717, 1.165) is 5.52 Å². The number of rotatable bonds is 11. The molecule has 146 valence electrons. The van der Waals surface area contributed by atoms with Crippen molar-refractivity contribution in [1.29, 1.82) is 0 Å². The van der Waals surface area contributed by atoms with E-state index < -0.39 is 18.4 Å². The maximum absolute atomic E-state index is 4.92. The van der Waals surface area contributed by atoms with Crippen molar-refractivity contribution in [2.24, 2.45) is 0 Å². The summed E-state index contributed by atoms with van der Waals surface area (Å²) in [7, 11) is 0. The second-order valence-electron chi connectivity index (χ2n) is 7.74. The molecule has 3 aromatic rings. The first-order valence-electron chi connectivity index (χ1n) is 10.7. The molecular weight excluding hydrogens is 473 g/mol. The van der Waals surface area contributed by atoms with Gasteiger partial charge in [0.1, 0.15) is 0 Å². The third kappa shape index (κ3) is 5.16. The van der Waals surface area contributed by atoms with E-state index in [4.69, 9.17) is 4.98 Å². The minimum atomic E-state index is -2.29. The van der Waals surface area contributed by atoms with Gasteiger partial charge in [-0.25, -0.2) is 0 Å². The Kier molecular flexibility index (Phi) is 8.22. The molecule has 3 rings (SSSR count). The number of aromatic nitrogens is 1. The number of hydrogen-bond donors (Lipinski definition) is 0. The number of thiazole rings is 1. The number of fused-ring (bicyclic) bond motifs is 1. The van der Waals surface area contributed by atoms with Crippen molar-refractivity contribution in [3.05, 3.63) is 36.4 Å². The van der Waals surface area contributed by atoms with Crippen LogP contribution in [0.4, 0.5) is 0 Å². The van der Waals surface area contributed by atoms with Crippen molar-refractivity contribution >= 4 is 54.2 Å². The van der Waals surface area contributed by atoms with Gasteiger partial charge in [0.05, 0.1) is 0 Å². The van der Waals surface area contributed by atoms with Crippen molar-refractivity contribution in [2.45, 2.75) is 72.6 Å². The fraction of sp³-hybridized carbons (Fsp3) is 0.522. The molecule has 0 aliphatic carbocycles. The molecule has 0 aliphatic rings. The van der Waals surface area contributed by atoms with E-state index >= 15 is 0 Å². The van der Waals surface area contributed by atoms with Crippen LogP contribution >= 0.6 is 22.7 Å². The van der Waals surface area contributed by atoms with E-state index in [1.54, 1.807) is 13.3 Å². The van der Waals surface area contributed by atoms with Crippen molar-refractivity contribution in [2.75, 3.05) is 0 Å². The Morgan fingerprint density at radius 2 is 1.41 bits per heavy atom. The van der Waals surface area contributed by atoms with Crippen molar-refractivity contribution in [3.63, 3.8) is 0 Å². The zero-order valence-electron chi connectivity index (χ0n) is 17.1. The third-order valence-electron chi connectivity index (χ3n) is 5.66. The molecule has 2 aromatic heterocycles. The molecule has 0 saturated heterocycles. The Morgan fingerprint density at radius 3 is 2.00 bits per heavy atom. The monoisotopic (exact) mass is 507 g/mol. The first-order chi connectivity index (χ1) is 13.2. The molecule has 1 aromatic carbocycles. The van der Waals surface area contributed by atoms with E-state index in [-0.39, 0.29) is 0 Å². The van der Waals surface area contributed by atoms with Crippen LogP contribution in [-0.4, -0.2) is 23.4 Å². The zero-order valence-corrected chi connectivity index (χ0v) is 21.6. The molecular formula is C23H33NS2Sn. The average Bonchev–Trinajstić information content (AvgIpc) is 3.35. The molecule has 0 saturated carbocycles. The van der Waals surface area contributed by atoms with Crippen LogP contribution < -0.4 is 2.89 Å². The van der Waals surface area contributed by atoms with Crippen LogP contribution in [-0.2, 0) is 0 Å². The maximum atomic E-state index is 4.92. The quantitative estimate of drug-likeness (QED) is 0.240. The third-order valence-corrected chi connectivity index (χ3v) is 26.2. The van der Waals surface area contributed by atoms with Crippen LogP contribution in [0.1, 0.15) is 59.3 Å². The van der Waals surface area contributed by atoms with E-state index in [1.807, 2.05) is 14.2 Å². The fourth-order valence-corrected chi connectivity index (χ4v) is 25.2. The Labute approximate surface area is 177 Å². The SMILES string of the molecule is CCC[CH2][Sn]([CH2]CCC)([CH2]CCC)[c]1ccc(-c2nc3ccccc3s2)s1. The standard InChI is InChI=1S/C11H6NS2.3C4H9.Sn/c1-2-5-9-8(4-1)12-11(14-9)10-6-3-7-13-10;3*1-3-4-2;/h1-6H;3*1,3-4H2,2H3;. The van der Waals surface area contributed by atoms with Gasteiger partial charge in [0, 0.05) is 0 Å². The topological polar surface area (TPSA) is 12.9 Å². The first kappa shape index (κ1) is 21.3. The van der Waals surface area contributed by atoms with Crippen molar-refractivity contribution < 1.29 is 0 Å². The second-order valence-corrected chi connectivity index (χ2v) is 24.0. The molecule has 0 N–H and O–H groups in total. The van der Waals surface area contributed by atoms with Gasteiger partial charge in [-0.15, -0.1) is 0 Å². The Bertz CT molecular complexity index is 781. The van der Waals surface area contributed by atoms with Gasteiger partial charge in [0.25, 0.3) is 0 Å². The molecule has 1 nitrogen and oxygen atoms in total. The van der Waals surface area contributed by atoms with Gasteiger partial charge < -0.3 is 0 Å². The van der Waals surface area contributed by atoms with E-state index in [0.29, 0.717) is 0 Å². The van der Waals surface area contributed by atoms with Gasteiger partial charge in [-0.05, 0) is 0 Å². The summed E-state index contributed by atoms with van der Waals surface area (Å²) < 4.78 is 7.76. The molecule has 0 unspecified atom stereocenters. The van der Waals surface area contributed by atoms with Crippen LogP contribution in [0.3, 0.4) is 0 Å². The van der Waals surface area contributed by atoms with Crippen LogP contribution in [0, 0.1) is 0 Å². The molecule has 27 heavy (non-hydrogen) atoms. The molecule has 2 heterocycles. The van der Waals surface area contributed by atoms with E-state index in [9.17, 15) is 0 Å². The summed E-state index contributed by atoms with van der Waals surface area (Å²) in [6, 6.07) is 13.4. The van der Waals surface area contributed by atoms with Crippen LogP contribution in [0.15, 0.2) is 36.4 Å². The predicted molar refractivity (Wildman–Crippen MR) is 127 cm³/mol. The van der Waals surface area contributed by atoms with E-state index in [2.05, 4.69) is 68.5 Å². The van der Waals surface area contributed by atoms with Crippen LogP contribution in [0.2, 0.25) is 13.3 Å². The number of hydrogen-bond acceptors (Lipinski definition) is 3. The molecule has 0 radical (unpaired) electrons. The summed E-state index contributed by atoms with van der Waals surface area (Å²) in [4.78, 5) is 6.32. The van der Waals surface area contributed by atoms with Gasteiger partial charge in [-0.2, -0.15) is 0 Å². The Hall–Kier alpha value is -0.391. The Balaban J connectivity index is 1.93. The van der Waals surface area contributed by atoms with Crippen molar-refractivity contribution in [1.82, 2.24) is 4.98 Å². The summed E-state index contributed by atoms with van der Waals surface area (Å²) in [6.45, 7) is 7.08. The van der Waals surface area contributed by atoms with E-state index in [1.165, 1.54) is 53.1 Å². The molecule has 4 heteroatoms. The molecule has 0 aliphatic heterocycles. The predicted octanol–water partition coefficient (Wildman–Crippen LogP) is 8.08. The number of thiophene rings is 1. The number of para-hydroxylation sites is 1. The second kappa shape index (κ2) is 10.4. The fourth-order valence-electron chi connectivity index (χ4n) is 4.01. The molecule has 0 spiro atoms. The summed E-state index contributed by atoms with van der Waals surface area (Å²) in [6.07, 6.45) is 8.31. The van der Waals surface area contributed by atoms with Gasteiger partial charge in [-0.3, -0.25) is 0 Å². The number of unbranched alkanes of at least 4 members (excludes halogenated alkanes) is 3. The van der Waals surface area contributed by atoms with Crippen molar-refractivity contribution in [3.8, 4) is 9.88 Å². The zero-order chi connectivity index (χ0) is 19.1.